The number of nitrogens with zero attached hydrogens (tertiary/aromatic N) is 4. The average Bonchev–Trinajstić information content (AvgIpc) is 3.20. The van der Waals surface area contributed by atoms with E-state index in [1.165, 1.54) is 24.8 Å². The molecule has 0 saturated carbocycles. The van der Waals surface area contributed by atoms with Gasteiger partial charge in [-0.1, -0.05) is 23.7 Å². The van der Waals surface area contributed by atoms with Crippen molar-refractivity contribution < 1.29 is 14.3 Å². The lowest BCUT2D eigenvalue weighted by atomic mass is 10.1. The molecule has 1 unspecified atom stereocenters. The van der Waals surface area contributed by atoms with Crippen LogP contribution in [0.4, 0.5) is 5.82 Å². The van der Waals surface area contributed by atoms with Crippen LogP contribution in [0.15, 0.2) is 42.7 Å². The number of carbonyl (C=O) groups is 2. The van der Waals surface area contributed by atoms with E-state index in [1.54, 1.807) is 4.90 Å². The molecule has 1 amide bonds. The van der Waals surface area contributed by atoms with Gasteiger partial charge >= 0.3 is 5.97 Å². The lowest BCUT2D eigenvalue weighted by Crippen LogP contribution is -2.59. The van der Waals surface area contributed by atoms with Crippen molar-refractivity contribution >= 4 is 57.6 Å². The number of aromatic nitrogens is 2. The van der Waals surface area contributed by atoms with Gasteiger partial charge in [0.1, 0.15) is 18.2 Å². The molecule has 3 heterocycles. The van der Waals surface area contributed by atoms with Crippen LogP contribution in [0.1, 0.15) is 10.4 Å². The van der Waals surface area contributed by atoms with Crippen molar-refractivity contribution in [2.24, 2.45) is 0 Å². The van der Waals surface area contributed by atoms with Crippen LogP contribution in [0, 0.1) is 0 Å². The number of esters is 1. The summed E-state index contributed by atoms with van der Waals surface area (Å²) in [5.74, 6) is -0.178. The quantitative estimate of drug-likeness (QED) is 0.551. The first-order valence-corrected chi connectivity index (χ1v) is 11.1. The molecule has 166 valence electrons. The summed E-state index contributed by atoms with van der Waals surface area (Å²) in [7, 11) is 1.33. The van der Waals surface area contributed by atoms with Crippen LogP contribution < -0.4 is 5.73 Å². The highest BCUT2D eigenvalue weighted by molar-refractivity contribution is 7.16. The van der Waals surface area contributed by atoms with Gasteiger partial charge < -0.3 is 15.4 Å². The Labute approximate surface area is 194 Å². The second-order valence-corrected chi connectivity index (χ2v) is 9.16. The molecule has 0 radical (unpaired) electrons. The van der Waals surface area contributed by atoms with E-state index in [0.29, 0.717) is 24.4 Å². The van der Waals surface area contributed by atoms with Crippen molar-refractivity contribution in [3.63, 3.8) is 0 Å². The van der Waals surface area contributed by atoms with Crippen LogP contribution in [0.3, 0.4) is 0 Å². The zero-order valence-corrected chi connectivity index (χ0v) is 19.0. The monoisotopic (exact) mass is 471 g/mol. The third-order valence-corrected chi connectivity index (χ3v) is 6.48. The molecule has 2 aromatic heterocycles. The Morgan fingerprint density at radius 1 is 1.34 bits per heavy atom. The maximum absolute atomic E-state index is 13.0. The topological polar surface area (TPSA) is 102 Å². The van der Waals surface area contributed by atoms with Gasteiger partial charge in [-0.15, -0.1) is 11.3 Å². The lowest BCUT2D eigenvalue weighted by molar-refractivity contribution is -0.158. The molecule has 1 aromatic carbocycles. The van der Waals surface area contributed by atoms with Gasteiger partial charge in [0.05, 0.1) is 23.5 Å². The van der Waals surface area contributed by atoms with Crippen molar-refractivity contribution in [1.82, 2.24) is 19.8 Å². The summed E-state index contributed by atoms with van der Waals surface area (Å²) in [6, 6.07) is 8.63. The highest BCUT2D eigenvalue weighted by Crippen LogP contribution is 2.23. The molecule has 1 aliphatic heterocycles. The van der Waals surface area contributed by atoms with E-state index in [0.717, 1.165) is 20.2 Å². The Balaban J connectivity index is 1.49. The summed E-state index contributed by atoms with van der Waals surface area (Å²) >= 11 is 7.44. The third kappa shape index (κ3) is 4.90. The largest absolute Gasteiger partial charge is 0.467 e. The molecular formula is C22H22ClN5O3S. The number of nitrogens with two attached hydrogens (primary N) is 1. The number of benzene rings is 1. The molecule has 1 atom stereocenters. The molecule has 3 aromatic rings. The second-order valence-electron chi connectivity index (χ2n) is 7.41. The lowest BCUT2D eigenvalue weighted by Gasteiger charge is -2.39. The van der Waals surface area contributed by atoms with Crippen LogP contribution in [0.5, 0.6) is 0 Å². The fourth-order valence-corrected chi connectivity index (χ4v) is 4.69. The Bertz CT molecular complexity index is 1180. The Morgan fingerprint density at radius 2 is 2.19 bits per heavy atom. The smallest absolute Gasteiger partial charge is 0.329 e. The molecule has 1 fully saturated rings. The fourth-order valence-electron chi connectivity index (χ4n) is 3.69. The number of rotatable bonds is 6. The summed E-state index contributed by atoms with van der Waals surface area (Å²) in [6.45, 7) is 1.41. The Hall–Kier alpha value is -3.01. The number of fused-ring (bicyclic) bond motifs is 1. The molecule has 2 N–H and O–H groups in total. The molecule has 4 rings (SSSR count). The number of hydrogen-bond acceptors (Lipinski definition) is 8. The zero-order valence-electron chi connectivity index (χ0n) is 17.4. The standard InChI is InChI=1S/C22H22ClN5O3S/c1-31-22(30)18-11-27(8-2-3-15-5-7-19(23)32-15)12-20(29)28(18)10-14-4-6-16-17(9-14)25-13-26-21(16)24/h2-7,9,13,18H,8,10-12H2,1H3,(H2,24,25,26). The number of nitrogen functional groups attached to an aromatic ring is 1. The van der Waals surface area contributed by atoms with Crippen molar-refractivity contribution in [2.45, 2.75) is 12.6 Å². The van der Waals surface area contributed by atoms with Crippen molar-refractivity contribution in [2.75, 3.05) is 32.5 Å². The predicted molar refractivity (Wildman–Crippen MR) is 125 cm³/mol. The number of methoxy groups -OCH3 is 1. The van der Waals surface area contributed by atoms with Gasteiger partial charge in [0.2, 0.25) is 5.91 Å². The van der Waals surface area contributed by atoms with E-state index in [-0.39, 0.29) is 19.0 Å². The summed E-state index contributed by atoms with van der Waals surface area (Å²) in [5.41, 5.74) is 7.43. The van der Waals surface area contributed by atoms with Crippen LogP contribution in [0.2, 0.25) is 4.34 Å². The molecule has 32 heavy (non-hydrogen) atoms. The number of halogens is 1. The minimum absolute atomic E-state index is 0.137. The molecule has 8 nitrogen and oxygen atoms in total. The van der Waals surface area contributed by atoms with Gasteiger partial charge in [0.25, 0.3) is 0 Å². The Kier molecular flexibility index (Phi) is 6.69. The number of thiophene rings is 1. The van der Waals surface area contributed by atoms with Crippen LogP contribution in [-0.4, -0.2) is 64.4 Å². The highest BCUT2D eigenvalue weighted by atomic mass is 35.5. The molecular weight excluding hydrogens is 450 g/mol. The maximum atomic E-state index is 13.0. The molecule has 0 aliphatic carbocycles. The predicted octanol–water partition coefficient (Wildman–Crippen LogP) is 2.83. The fraction of sp³-hybridized carbons (Fsp3) is 0.273. The molecule has 0 spiro atoms. The maximum Gasteiger partial charge on any atom is 0.329 e. The van der Waals surface area contributed by atoms with Gasteiger partial charge in [0, 0.05) is 29.9 Å². The number of carbonyl (C=O) groups excluding carboxylic acids is 2. The van der Waals surface area contributed by atoms with Crippen molar-refractivity contribution in [3.05, 3.63) is 57.5 Å². The van der Waals surface area contributed by atoms with Gasteiger partial charge in [-0.3, -0.25) is 9.69 Å². The average molecular weight is 472 g/mol. The summed E-state index contributed by atoms with van der Waals surface area (Å²) in [4.78, 5) is 38.3. The van der Waals surface area contributed by atoms with Gasteiger partial charge in [-0.05, 0) is 35.9 Å². The second kappa shape index (κ2) is 9.64. The van der Waals surface area contributed by atoms with Crippen molar-refractivity contribution in [3.8, 4) is 0 Å². The molecule has 0 bridgehead atoms. The van der Waals surface area contributed by atoms with E-state index in [2.05, 4.69) is 9.97 Å². The van der Waals surface area contributed by atoms with E-state index in [1.807, 2.05) is 47.4 Å². The van der Waals surface area contributed by atoms with Crippen molar-refractivity contribution in [1.29, 1.82) is 0 Å². The van der Waals surface area contributed by atoms with E-state index in [9.17, 15) is 9.59 Å². The third-order valence-electron chi connectivity index (χ3n) is 5.28. The van der Waals surface area contributed by atoms with E-state index in [4.69, 9.17) is 22.1 Å². The minimum atomic E-state index is -0.697. The number of piperazine rings is 1. The van der Waals surface area contributed by atoms with Gasteiger partial charge in [-0.2, -0.15) is 0 Å². The van der Waals surface area contributed by atoms with Gasteiger partial charge in [-0.25, -0.2) is 14.8 Å². The minimum Gasteiger partial charge on any atom is -0.467 e. The number of ether oxygens (including phenoxy) is 1. The number of anilines is 1. The summed E-state index contributed by atoms with van der Waals surface area (Å²) in [5, 5.41) is 0.746. The first kappa shape index (κ1) is 22.2. The summed E-state index contributed by atoms with van der Waals surface area (Å²) in [6.07, 6.45) is 5.33. The zero-order chi connectivity index (χ0) is 22.7. The normalized spacial score (nSPS) is 17.4. The Morgan fingerprint density at radius 3 is 2.94 bits per heavy atom. The SMILES string of the molecule is COC(=O)C1CN(CC=Cc2ccc(Cl)s2)CC(=O)N1Cc1ccc2c(N)ncnc2c1. The van der Waals surface area contributed by atoms with Crippen LogP contribution in [0.25, 0.3) is 17.0 Å². The highest BCUT2D eigenvalue weighted by Gasteiger charge is 2.37. The number of hydrogen-bond donors (Lipinski definition) is 1. The van der Waals surface area contributed by atoms with Crippen LogP contribution in [-0.2, 0) is 20.9 Å². The number of amides is 1. The molecule has 10 heteroatoms. The van der Waals surface area contributed by atoms with Crippen LogP contribution >= 0.6 is 22.9 Å². The first-order chi connectivity index (χ1) is 15.4. The molecule has 1 saturated heterocycles. The summed E-state index contributed by atoms with van der Waals surface area (Å²) < 4.78 is 5.71. The molecule has 1 aliphatic rings. The van der Waals surface area contributed by atoms with Gasteiger partial charge in [0.15, 0.2) is 0 Å². The van der Waals surface area contributed by atoms with E-state index < -0.39 is 12.0 Å². The first-order valence-electron chi connectivity index (χ1n) is 9.95. The van der Waals surface area contributed by atoms with E-state index >= 15 is 0 Å².